The molecule has 0 saturated heterocycles. The number of ether oxygens (including phenoxy) is 3. The van der Waals surface area contributed by atoms with Gasteiger partial charge in [-0.05, 0) is 55.8 Å². The lowest BCUT2D eigenvalue weighted by atomic mass is 10.2. The van der Waals surface area contributed by atoms with Crippen molar-refractivity contribution in [1.29, 1.82) is 0 Å². The zero-order chi connectivity index (χ0) is 26.1. The number of carbonyl (C=O) groups excluding carboxylic acids is 1. The van der Waals surface area contributed by atoms with Crippen LogP contribution in [0.1, 0.15) is 18.1 Å². The lowest BCUT2D eigenvalue weighted by Gasteiger charge is -2.24. The molecule has 0 aliphatic heterocycles. The van der Waals surface area contributed by atoms with Crippen LogP contribution >= 0.6 is 0 Å². The van der Waals surface area contributed by atoms with E-state index in [2.05, 4.69) is 10.5 Å². The van der Waals surface area contributed by atoms with Gasteiger partial charge in [-0.2, -0.15) is 5.10 Å². The Balaban J connectivity index is 1.91. The summed E-state index contributed by atoms with van der Waals surface area (Å²) in [7, 11) is -1.30. The smallest absolute Gasteiger partial charge is 0.264 e. The van der Waals surface area contributed by atoms with Crippen molar-refractivity contribution in [3.63, 3.8) is 0 Å². The Hall–Kier alpha value is -4.05. The van der Waals surface area contributed by atoms with Crippen LogP contribution in [0.5, 0.6) is 17.2 Å². The summed E-state index contributed by atoms with van der Waals surface area (Å²) in [6, 6.07) is 18.3. The van der Waals surface area contributed by atoms with E-state index in [0.717, 1.165) is 15.4 Å². The van der Waals surface area contributed by atoms with Gasteiger partial charge in [-0.25, -0.2) is 13.8 Å². The maximum Gasteiger partial charge on any atom is 0.264 e. The molecule has 1 N–H and O–H groups in total. The number of anilines is 1. The average Bonchev–Trinajstić information content (AvgIpc) is 2.87. The van der Waals surface area contributed by atoms with Crippen LogP contribution in [0.2, 0.25) is 0 Å². The molecule has 1 amide bonds. The molecule has 190 valence electrons. The monoisotopic (exact) mass is 511 g/mol. The number of hydrazone groups is 1. The lowest BCUT2D eigenvalue weighted by molar-refractivity contribution is -0.119. The number of aryl methyl sites for hydroxylation is 1. The van der Waals surface area contributed by atoms with E-state index >= 15 is 0 Å². The molecule has 3 rings (SSSR count). The van der Waals surface area contributed by atoms with Gasteiger partial charge in [-0.3, -0.25) is 9.10 Å². The van der Waals surface area contributed by atoms with Crippen LogP contribution in [0.15, 0.2) is 76.7 Å². The summed E-state index contributed by atoms with van der Waals surface area (Å²) < 4.78 is 44.2. The summed E-state index contributed by atoms with van der Waals surface area (Å²) in [6.45, 7) is 3.76. The van der Waals surface area contributed by atoms with E-state index in [-0.39, 0.29) is 16.3 Å². The van der Waals surface area contributed by atoms with Crippen LogP contribution in [0.4, 0.5) is 5.69 Å². The van der Waals surface area contributed by atoms with E-state index in [1.165, 1.54) is 38.6 Å². The molecule has 0 radical (unpaired) electrons. The second-order valence-electron chi connectivity index (χ2n) is 7.66. The minimum atomic E-state index is -4.17. The molecule has 3 aromatic carbocycles. The number of nitrogens with one attached hydrogen (secondary N) is 1. The molecule has 0 atom stereocenters. The normalized spacial score (nSPS) is 11.2. The highest BCUT2D eigenvalue weighted by molar-refractivity contribution is 7.92. The Morgan fingerprint density at radius 3 is 2.36 bits per heavy atom. The van der Waals surface area contributed by atoms with Crippen molar-refractivity contribution in [3.05, 3.63) is 77.9 Å². The molecule has 0 fully saturated rings. The number of amides is 1. The zero-order valence-corrected chi connectivity index (χ0v) is 21.4. The molecule has 0 spiro atoms. The molecular weight excluding hydrogens is 482 g/mol. The van der Waals surface area contributed by atoms with E-state index in [9.17, 15) is 13.2 Å². The van der Waals surface area contributed by atoms with Gasteiger partial charge in [0.1, 0.15) is 12.3 Å². The fourth-order valence-electron chi connectivity index (χ4n) is 3.39. The highest BCUT2D eigenvalue weighted by Gasteiger charge is 2.28. The van der Waals surface area contributed by atoms with Gasteiger partial charge >= 0.3 is 0 Å². The summed E-state index contributed by atoms with van der Waals surface area (Å²) in [5, 5.41) is 3.97. The topological polar surface area (TPSA) is 107 Å². The Morgan fingerprint density at radius 1 is 1.00 bits per heavy atom. The van der Waals surface area contributed by atoms with Gasteiger partial charge in [0.2, 0.25) is 0 Å². The van der Waals surface area contributed by atoms with Gasteiger partial charge in [0.05, 0.1) is 37.6 Å². The predicted octanol–water partition coefficient (Wildman–Crippen LogP) is 3.76. The first-order chi connectivity index (χ1) is 17.3. The van der Waals surface area contributed by atoms with Crippen molar-refractivity contribution in [2.24, 2.45) is 5.10 Å². The largest absolute Gasteiger partial charge is 0.494 e. The first kappa shape index (κ1) is 26.6. The van der Waals surface area contributed by atoms with Gasteiger partial charge < -0.3 is 14.2 Å². The summed E-state index contributed by atoms with van der Waals surface area (Å²) in [5.74, 6) is 0.596. The van der Waals surface area contributed by atoms with Gasteiger partial charge in [-0.1, -0.05) is 29.8 Å². The van der Waals surface area contributed by atoms with Gasteiger partial charge in [0, 0.05) is 6.07 Å². The Bertz CT molecular complexity index is 1320. The maximum absolute atomic E-state index is 13.7. The Kier molecular flexibility index (Phi) is 8.91. The van der Waals surface area contributed by atoms with Crippen LogP contribution in [-0.2, 0) is 14.8 Å². The summed E-state index contributed by atoms with van der Waals surface area (Å²) in [4.78, 5) is 12.7. The quantitative estimate of drug-likeness (QED) is 0.310. The Labute approximate surface area is 211 Å². The van der Waals surface area contributed by atoms with Crippen molar-refractivity contribution >= 4 is 27.8 Å². The van der Waals surface area contributed by atoms with Crippen LogP contribution in [0.25, 0.3) is 0 Å². The van der Waals surface area contributed by atoms with Crippen LogP contribution in [0.3, 0.4) is 0 Å². The van der Waals surface area contributed by atoms with Gasteiger partial charge in [-0.15, -0.1) is 0 Å². The molecule has 0 unspecified atom stereocenters. The van der Waals surface area contributed by atoms with Crippen molar-refractivity contribution in [1.82, 2.24) is 5.43 Å². The first-order valence-corrected chi connectivity index (χ1v) is 12.6. The average molecular weight is 512 g/mol. The summed E-state index contributed by atoms with van der Waals surface area (Å²) >= 11 is 0. The van der Waals surface area contributed by atoms with Crippen LogP contribution < -0.4 is 23.9 Å². The third-order valence-corrected chi connectivity index (χ3v) is 6.88. The fourth-order valence-corrected chi connectivity index (χ4v) is 4.83. The molecule has 0 aliphatic rings. The van der Waals surface area contributed by atoms with Gasteiger partial charge in [0.25, 0.3) is 15.9 Å². The molecule has 36 heavy (non-hydrogen) atoms. The second-order valence-corrected chi connectivity index (χ2v) is 9.53. The van der Waals surface area contributed by atoms with Crippen molar-refractivity contribution < 1.29 is 27.4 Å². The summed E-state index contributed by atoms with van der Waals surface area (Å²) in [6.07, 6.45) is 1.49. The summed E-state index contributed by atoms with van der Waals surface area (Å²) in [5.41, 5.74) is 4.54. The van der Waals surface area contributed by atoms with E-state index in [4.69, 9.17) is 14.2 Å². The third kappa shape index (κ3) is 6.54. The number of methoxy groups -OCH3 is 2. The lowest BCUT2D eigenvalue weighted by Crippen LogP contribution is -2.39. The highest BCUT2D eigenvalue weighted by atomic mass is 32.2. The maximum atomic E-state index is 13.7. The van der Waals surface area contributed by atoms with E-state index < -0.39 is 22.5 Å². The second kappa shape index (κ2) is 12.1. The number of carbonyl (C=O) groups is 1. The van der Waals surface area contributed by atoms with Crippen molar-refractivity contribution in [3.8, 4) is 17.2 Å². The molecule has 9 nitrogen and oxygen atoms in total. The molecule has 0 aromatic heterocycles. The molecule has 10 heteroatoms. The number of sulfonamides is 1. The number of benzene rings is 3. The first-order valence-electron chi connectivity index (χ1n) is 11.1. The molecular formula is C26H29N3O6S. The number of rotatable bonds is 11. The van der Waals surface area contributed by atoms with Crippen molar-refractivity contribution in [2.45, 2.75) is 18.7 Å². The Morgan fingerprint density at radius 2 is 1.72 bits per heavy atom. The number of nitrogens with zero attached hydrogens (tertiary/aromatic N) is 2. The molecule has 0 heterocycles. The molecule has 0 bridgehead atoms. The third-order valence-electron chi connectivity index (χ3n) is 5.11. The van der Waals surface area contributed by atoms with E-state index in [0.29, 0.717) is 18.1 Å². The molecule has 0 saturated carbocycles. The highest BCUT2D eigenvalue weighted by Crippen LogP contribution is 2.32. The molecule has 0 aliphatic carbocycles. The van der Waals surface area contributed by atoms with E-state index in [1.54, 1.807) is 24.3 Å². The molecule has 3 aromatic rings. The number of hydrogen-bond donors (Lipinski definition) is 1. The van der Waals surface area contributed by atoms with Gasteiger partial charge in [0.15, 0.2) is 11.5 Å². The standard InChI is InChI=1S/C26H29N3O6S/c1-5-35-22-11-9-21(10-12-22)29(18-26(30)28-27-17-20-8-6-7-19(2)15-20)36(31,32)23-13-14-24(33-3)25(16-23)34-4/h6-17H,5,18H2,1-4H3,(H,28,30)/b27-17-. The van der Waals surface area contributed by atoms with Crippen LogP contribution in [0, 0.1) is 6.92 Å². The fraction of sp³-hybridized carbons (Fsp3) is 0.231. The van der Waals surface area contributed by atoms with Crippen molar-refractivity contribution in [2.75, 3.05) is 31.7 Å². The predicted molar refractivity (Wildman–Crippen MR) is 139 cm³/mol. The minimum absolute atomic E-state index is 0.0647. The SMILES string of the molecule is CCOc1ccc(N(CC(=O)N/N=C\c2cccc(C)c2)S(=O)(=O)c2ccc(OC)c(OC)c2)cc1. The zero-order valence-electron chi connectivity index (χ0n) is 20.6. The number of hydrogen-bond acceptors (Lipinski definition) is 7. The minimum Gasteiger partial charge on any atom is -0.494 e. The van der Waals surface area contributed by atoms with E-state index in [1.807, 2.05) is 38.1 Å². The van der Waals surface area contributed by atoms with Crippen LogP contribution in [-0.4, -0.2) is 47.9 Å².